The summed E-state index contributed by atoms with van der Waals surface area (Å²) >= 11 is 0. The second-order valence-electron chi connectivity index (χ2n) is 11.1. The Bertz CT molecular complexity index is 1510. The van der Waals surface area contributed by atoms with E-state index in [0.717, 1.165) is 68.4 Å². The molecular formula is C31H25F9O. The van der Waals surface area contributed by atoms with Crippen LogP contribution in [0.25, 0.3) is 10.8 Å². The van der Waals surface area contributed by atoms with Crippen LogP contribution >= 0.6 is 0 Å². The molecular weight excluding hydrogens is 559 g/mol. The molecule has 2 fully saturated rings. The molecule has 0 amide bonds. The van der Waals surface area contributed by atoms with Crippen molar-refractivity contribution in [3.05, 3.63) is 76.4 Å². The molecule has 2 aliphatic rings. The van der Waals surface area contributed by atoms with Gasteiger partial charge in [-0.1, -0.05) is 19.3 Å². The Kier molecular flexibility index (Phi) is 7.68. The van der Waals surface area contributed by atoms with Crippen molar-refractivity contribution in [3.8, 4) is 17.6 Å². The predicted molar refractivity (Wildman–Crippen MR) is 134 cm³/mol. The maximum Gasteiger partial charge on any atom is 0.458 e. The number of alkyl halides is 5. The zero-order valence-corrected chi connectivity index (χ0v) is 21.8. The fraction of sp³-hybridized carbons (Fsp3) is 0.419. The van der Waals surface area contributed by atoms with E-state index in [4.69, 9.17) is 0 Å². The highest BCUT2D eigenvalue weighted by Gasteiger charge is 2.42. The minimum atomic E-state index is -4.99. The van der Waals surface area contributed by atoms with Gasteiger partial charge in [0.15, 0.2) is 0 Å². The van der Waals surface area contributed by atoms with Crippen LogP contribution in [0.1, 0.15) is 68.1 Å². The lowest BCUT2D eigenvalue weighted by Gasteiger charge is -2.41. The Hall–Kier alpha value is -3.35. The Balaban J connectivity index is 1.38. The minimum absolute atomic E-state index is 0.145. The van der Waals surface area contributed by atoms with Gasteiger partial charge < -0.3 is 4.74 Å². The number of rotatable bonds is 4. The highest BCUT2D eigenvalue weighted by molar-refractivity contribution is 5.86. The highest BCUT2D eigenvalue weighted by atomic mass is 19.4. The van der Waals surface area contributed by atoms with Gasteiger partial charge in [-0.2, -0.15) is 22.0 Å². The van der Waals surface area contributed by atoms with Crippen molar-refractivity contribution in [2.75, 3.05) is 0 Å². The molecule has 2 saturated carbocycles. The van der Waals surface area contributed by atoms with Crippen LogP contribution in [-0.4, -0.2) is 6.18 Å². The van der Waals surface area contributed by atoms with E-state index in [9.17, 15) is 22.0 Å². The van der Waals surface area contributed by atoms with E-state index in [1.807, 2.05) is 0 Å². The van der Waals surface area contributed by atoms with Crippen molar-refractivity contribution in [3.63, 3.8) is 0 Å². The summed E-state index contributed by atoms with van der Waals surface area (Å²) in [5.74, 6) is -2.84. The van der Waals surface area contributed by atoms with E-state index in [2.05, 4.69) is 11.7 Å². The van der Waals surface area contributed by atoms with Crippen LogP contribution in [0.5, 0.6) is 5.75 Å². The zero-order valence-electron chi connectivity index (χ0n) is 21.8. The average Bonchev–Trinajstić information content (AvgIpc) is 2.86. The molecule has 4 unspecified atom stereocenters. The zero-order chi connectivity index (χ0) is 29.7. The molecule has 0 bridgehead atoms. The van der Waals surface area contributed by atoms with Gasteiger partial charge in [0, 0.05) is 11.3 Å². The first-order chi connectivity index (χ1) is 19.2. The van der Waals surface area contributed by atoms with E-state index in [1.165, 1.54) is 5.92 Å². The van der Waals surface area contributed by atoms with E-state index in [-0.39, 0.29) is 11.3 Å². The molecule has 2 aliphatic carbocycles. The van der Waals surface area contributed by atoms with Gasteiger partial charge in [0.1, 0.15) is 34.6 Å². The van der Waals surface area contributed by atoms with Crippen LogP contribution in [0, 0.1) is 52.9 Å². The third kappa shape index (κ3) is 6.14. The number of hydrogen-bond acceptors (Lipinski definition) is 1. The molecule has 0 spiro atoms. The molecule has 0 saturated heterocycles. The number of halogens is 9. The Morgan fingerprint density at radius 3 is 2.12 bits per heavy atom. The molecule has 0 N–H and O–H groups in total. The molecule has 41 heavy (non-hydrogen) atoms. The monoisotopic (exact) mass is 584 g/mol. The average molecular weight is 585 g/mol. The van der Waals surface area contributed by atoms with Crippen LogP contribution in [0.15, 0.2) is 36.4 Å². The van der Waals surface area contributed by atoms with E-state index >= 15 is 17.6 Å². The predicted octanol–water partition coefficient (Wildman–Crippen LogP) is 9.76. The first kappa shape index (κ1) is 29.2. The van der Waals surface area contributed by atoms with Crippen LogP contribution in [0.3, 0.4) is 0 Å². The summed E-state index contributed by atoms with van der Waals surface area (Å²) in [7, 11) is 0. The summed E-state index contributed by atoms with van der Waals surface area (Å²) in [6.07, 6.45) is -3.84. The van der Waals surface area contributed by atoms with Gasteiger partial charge in [0.2, 0.25) is 0 Å². The van der Waals surface area contributed by atoms with Crippen LogP contribution < -0.4 is 4.74 Å². The van der Waals surface area contributed by atoms with Gasteiger partial charge >= 0.3 is 12.3 Å². The summed E-state index contributed by atoms with van der Waals surface area (Å²) in [5.41, 5.74) is -2.43. The van der Waals surface area contributed by atoms with Crippen molar-refractivity contribution in [2.45, 2.75) is 63.7 Å². The van der Waals surface area contributed by atoms with E-state index in [0.29, 0.717) is 35.8 Å². The normalized spacial score (nSPS) is 23.1. The van der Waals surface area contributed by atoms with Gasteiger partial charge in [0.25, 0.3) is 0 Å². The van der Waals surface area contributed by atoms with Gasteiger partial charge in [-0.3, -0.25) is 0 Å². The maximum absolute atomic E-state index is 15.1. The number of benzene rings is 3. The fourth-order valence-corrected chi connectivity index (χ4v) is 6.35. The van der Waals surface area contributed by atoms with E-state index < -0.39 is 57.8 Å². The quantitative estimate of drug-likeness (QED) is 0.219. The molecule has 0 aliphatic heterocycles. The van der Waals surface area contributed by atoms with Crippen molar-refractivity contribution < 1.29 is 44.3 Å². The standard InChI is InChI=1S/C31H25F9O/c1-16-2-3-18-11-19(5-4-17(18)10-16)20-13-26(33)28(27(34)14-20)31(39,40)41-22-6-7-23-21(12-22)15-25(32)24(29(23)35)8-9-30(36,37)38/h6-7,12-19H,2-5,10-11H2,1H3. The Morgan fingerprint density at radius 1 is 0.780 bits per heavy atom. The molecule has 218 valence electrons. The van der Waals surface area contributed by atoms with Crippen LogP contribution in [0.2, 0.25) is 0 Å². The maximum atomic E-state index is 15.1. The molecule has 3 aromatic rings. The third-order valence-electron chi connectivity index (χ3n) is 8.28. The fourth-order valence-electron chi connectivity index (χ4n) is 6.35. The topological polar surface area (TPSA) is 9.23 Å². The second kappa shape index (κ2) is 10.8. The van der Waals surface area contributed by atoms with Gasteiger partial charge in [-0.05, 0) is 103 Å². The molecule has 0 aromatic heterocycles. The largest absolute Gasteiger partial charge is 0.458 e. The molecule has 0 heterocycles. The summed E-state index contributed by atoms with van der Waals surface area (Å²) in [6.45, 7) is 2.22. The molecule has 3 aromatic carbocycles. The Labute approximate surface area is 230 Å². The summed E-state index contributed by atoms with van der Waals surface area (Å²) in [4.78, 5) is 0. The molecule has 1 nitrogen and oxygen atoms in total. The second-order valence-corrected chi connectivity index (χ2v) is 11.1. The number of hydrogen-bond donors (Lipinski definition) is 0. The van der Waals surface area contributed by atoms with Gasteiger partial charge in [0.05, 0.1) is 5.56 Å². The Morgan fingerprint density at radius 2 is 1.44 bits per heavy atom. The SMILES string of the molecule is CC1CCC2CC(c3cc(F)c(C(F)(F)Oc4ccc5c(F)c(C#CC(F)(F)F)c(F)cc5c4)c(F)c3)CCC2C1. The smallest absolute Gasteiger partial charge is 0.429 e. The first-order valence-corrected chi connectivity index (χ1v) is 13.3. The molecule has 5 rings (SSSR count). The van der Waals surface area contributed by atoms with Crippen LogP contribution in [-0.2, 0) is 6.11 Å². The number of fused-ring (bicyclic) bond motifs is 2. The molecule has 0 radical (unpaired) electrons. The van der Waals surface area contributed by atoms with Gasteiger partial charge in [-0.15, -0.1) is 0 Å². The third-order valence-corrected chi connectivity index (χ3v) is 8.28. The molecule has 4 atom stereocenters. The van der Waals surface area contributed by atoms with Crippen LogP contribution in [0.4, 0.5) is 39.5 Å². The van der Waals surface area contributed by atoms with Crippen molar-refractivity contribution >= 4 is 10.8 Å². The van der Waals surface area contributed by atoms with Crippen molar-refractivity contribution in [2.24, 2.45) is 17.8 Å². The highest BCUT2D eigenvalue weighted by Crippen LogP contribution is 2.48. The lowest BCUT2D eigenvalue weighted by Crippen LogP contribution is -2.30. The minimum Gasteiger partial charge on any atom is -0.429 e. The number of ether oxygens (including phenoxy) is 1. The van der Waals surface area contributed by atoms with E-state index in [1.54, 1.807) is 0 Å². The van der Waals surface area contributed by atoms with Crippen molar-refractivity contribution in [1.82, 2.24) is 0 Å². The first-order valence-electron chi connectivity index (χ1n) is 13.3. The lowest BCUT2D eigenvalue weighted by atomic mass is 9.64. The lowest BCUT2D eigenvalue weighted by molar-refractivity contribution is -0.189. The summed E-state index contributed by atoms with van der Waals surface area (Å²) in [5, 5.41) is -0.757. The molecule has 10 heteroatoms. The summed E-state index contributed by atoms with van der Waals surface area (Å²) < 4.78 is 131. The van der Waals surface area contributed by atoms with Crippen molar-refractivity contribution in [1.29, 1.82) is 0 Å². The summed E-state index contributed by atoms with van der Waals surface area (Å²) in [6, 6.07) is 4.91. The van der Waals surface area contributed by atoms with Gasteiger partial charge in [-0.25, -0.2) is 17.6 Å².